The van der Waals surface area contributed by atoms with E-state index in [0.717, 1.165) is 10.0 Å². The van der Waals surface area contributed by atoms with Crippen LogP contribution in [-0.2, 0) is 4.79 Å². The van der Waals surface area contributed by atoms with Crippen LogP contribution in [0.4, 0.5) is 0 Å². The second-order valence-corrected chi connectivity index (χ2v) is 3.76. The Morgan fingerprint density at radius 2 is 1.92 bits per heavy atom. The molecule has 68 valence electrons. The fourth-order valence-corrected chi connectivity index (χ4v) is 1.55. The fraction of sp³-hybridized carbons (Fsp3) is 0.200. The number of aryl methyl sites for hydroxylation is 1. The van der Waals surface area contributed by atoms with Crippen molar-refractivity contribution in [3.8, 4) is 0 Å². The molecule has 0 saturated carbocycles. The highest BCUT2D eigenvalue weighted by atomic mass is 79.9. The summed E-state index contributed by atoms with van der Waals surface area (Å²) >= 11 is 3.29. The summed E-state index contributed by atoms with van der Waals surface area (Å²) in [5, 5.41) is 0. The molecule has 0 heterocycles. The molecule has 13 heavy (non-hydrogen) atoms. The second-order valence-electron chi connectivity index (χ2n) is 2.84. The smallest absolute Gasteiger partial charge is 0.228 e. The molecule has 0 aliphatic rings. The van der Waals surface area contributed by atoms with Crippen molar-refractivity contribution in [3.05, 3.63) is 33.8 Å². The molecule has 0 aliphatic heterocycles. The molecule has 1 aromatic carbocycles. The van der Waals surface area contributed by atoms with Crippen LogP contribution in [0.25, 0.3) is 0 Å². The van der Waals surface area contributed by atoms with Crippen LogP contribution in [0.3, 0.4) is 0 Å². The maximum atomic E-state index is 11.3. The molecular weight excluding hydrogens is 232 g/mol. The van der Waals surface area contributed by atoms with Gasteiger partial charge in [0.2, 0.25) is 5.78 Å². The van der Waals surface area contributed by atoms with Crippen molar-refractivity contribution in [2.75, 3.05) is 0 Å². The average Bonchev–Trinajstić information content (AvgIpc) is 2.03. The highest BCUT2D eigenvalue weighted by Gasteiger charge is 2.13. The minimum atomic E-state index is -0.426. The van der Waals surface area contributed by atoms with Crippen LogP contribution < -0.4 is 0 Å². The molecule has 0 aliphatic carbocycles. The number of carbonyl (C=O) groups excluding carboxylic acids is 2. The lowest BCUT2D eigenvalue weighted by Gasteiger charge is -2.02. The van der Waals surface area contributed by atoms with Crippen molar-refractivity contribution in [1.29, 1.82) is 0 Å². The van der Waals surface area contributed by atoms with Gasteiger partial charge in [-0.3, -0.25) is 9.59 Å². The topological polar surface area (TPSA) is 34.1 Å². The number of carbonyl (C=O) groups is 2. The summed E-state index contributed by atoms with van der Waals surface area (Å²) < 4.78 is 0.908. The third kappa shape index (κ3) is 2.25. The molecule has 0 fully saturated rings. The Hall–Kier alpha value is -0.960. The van der Waals surface area contributed by atoms with E-state index in [0.29, 0.717) is 5.56 Å². The van der Waals surface area contributed by atoms with Crippen LogP contribution in [0.15, 0.2) is 22.7 Å². The molecule has 0 unspecified atom stereocenters. The van der Waals surface area contributed by atoms with Crippen LogP contribution in [0, 0.1) is 6.92 Å². The average molecular weight is 241 g/mol. The summed E-state index contributed by atoms with van der Waals surface area (Å²) in [5.41, 5.74) is 1.30. The second kappa shape index (κ2) is 3.83. The first-order valence-electron chi connectivity index (χ1n) is 3.84. The lowest BCUT2D eigenvalue weighted by Crippen LogP contribution is -2.11. The standard InChI is InChI=1S/C10H9BrO2/c1-6-5-8(11)3-4-9(6)10(13)7(2)12/h3-5H,1-2H3. The van der Waals surface area contributed by atoms with E-state index in [9.17, 15) is 9.59 Å². The van der Waals surface area contributed by atoms with Gasteiger partial charge in [-0.1, -0.05) is 15.9 Å². The molecule has 0 atom stereocenters. The normalized spacial score (nSPS) is 9.77. The van der Waals surface area contributed by atoms with Crippen molar-refractivity contribution in [2.45, 2.75) is 13.8 Å². The molecule has 0 amide bonds. The van der Waals surface area contributed by atoms with Gasteiger partial charge in [-0.05, 0) is 30.7 Å². The van der Waals surface area contributed by atoms with E-state index in [2.05, 4.69) is 15.9 Å². The molecule has 3 heteroatoms. The molecule has 0 N–H and O–H groups in total. The SMILES string of the molecule is CC(=O)C(=O)c1ccc(Br)cc1C. The predicted molar refractivity (Wildman–Crippen MR) is 53.9 cm³/mol. The lowest BCUT2D eigenvalue weighted by atomic mass is 10.0. The highest BCUT2D eigenvalue weighted by Crippen LogP contribution is 2.16. The van der Waals surface area contributed by atoms with E-state index >= 15 is 0 Å². The molecule has 0 bridgehead atoms. The van der Waals surface area contributed by atoms with Gasteiger partial charge in [-0.2, -0.15) is 0 Å². The van der Waals surface area contributed by atoms with E-state index in [1.807, 2.05) is 6.07 Å². The van der Waals surface area contributed by atoms with Gasteiger partial charge >= 0.3 is 0 Å². The zero-order valence-electron chi connectivity index (χ0n) is 7.43. The van der Waals surface area contributed by atoms with Gasteiger partial charge < -0.3 is 0 Å². The molecule has 1 aromatic rings. The fourth-order valence-electron chi connectivity index (χ4n) is 1.07. The molecule has 0 saturated heterocycles. The Labute approximate surface area is 85.1 Å². The van der Waals surface area contributed by atoms with Crippen molar-refractivity contribution in [2.24, 2.45) is 0 Å². The summed E-state index contributed by atoms with van der Waals surface area (Å²) in [6.07, 6.45) is 0. The Morgan fingerprint density at radius 1 is 1.31 bits per heavy atom. The van der Waals surface area contributed by atoms with Crippen LogP contribution in [0.1, 0.15) is 22.8 Å². The van der Waals surface area contributed by atoms with Gasteiger partial charge in [0.15, 0.2) is 5.78 Å². The minimum absolute atomic E-state index is 0.426. The third-order valence-corrected chi connectivity index (χ3v) is 2.25. The van der Waals surface area contributed by atoms with E-state index in [1.165, 1.54) is 6.92 Å². The summed E-state index contributed by atoms with van der Waals surface area (Å²) in [5.74, 6) is -0.851. The number of benzene rings is 1. The van der Waals surface area contributed by atoms with Crippen LogP contribution in [0.5, 0.6) is 0 Å². The van der Waals surface area contributed by atoms with Crippen LogP contribution >= 0.6 is 15.9 Å². The Bertz CT molecular complexity index is 369. The minimum Gasteiger partial charge on any atom is -0.291 e. The number of rotatable bonds is 2. The number of hydrogen-bond donors (Lipinski definition) is 0. The number of Topliss-reactive ketones (excluding diaryl/α,β-unsaturated/α-hetero) is 2. The van der Waals surface area contributed by atoms with Crippen LogP contribution in [0.2, 0.25) is 0 Å². The molecule has 2 nitrogen and oxygen atoms in total. The van der Waals surface area contributed by atoms with Crippen molar-refractivity contribution < 1.29 is 9.59 Å². The van der Waals surface area contributed by atoms with Gasteiger partial charge in [0.1, 0.15) is 0 Å². The summed E-state index contributed by atoms with van der Waals surface area (Å²) in [6, 6.07) is 5.22. The van der Waals surface area contributed by atoms with E-state index < -0.39 is 11.6 Å². The zero-order chi connectivity index (χ0) is 10.0. The molecule has 0 spiro atoms. The zero-order valence-corrected chi connectivity index (χ0v) is 9.01. The van der Waals surface area contributed by atoms with Gasteiger partial charge in [-0.15, -0.1) is 0 Å². The van der Waals surface area contributed by atoms with Gasteiger partial charge in [0.25, 0.3) is 0 Å². The van der Waals surface area contributed by atoms with Gasteiger partial charge in [-0.25, -0.2) is 0 Å². The summed E-state index contributed by atoms with van der Waals surface area (Å²) in [7, 11) is 0. The van der Waals surface area contributed by atoms with Gasteiger partial charge in [0.05, 0.1) is 0 Å². The van der Waals surface area contributed by atoms with E-state index in [-0.39, 0.29) is 0 Å². The highest BCUT2D eigenvalue weighted by molar-refractivity contribution is 9.10. The molecule has 1 rings (SSSR count). The molecule has 0 aromatic heterocycles. The predicted octanol–water partition coefficient (Wildman–Crippen LogP) is 2.53. The van der Waals surface area contributed by atoms with Gasteiger partial charge in [0, 0.05) is 17.0 Å². The monoisotopic (exact) mass is 240 g/mol. The maximum Gasteiger partial charge on any atom is 0.228 e. The van der Waals surface area contributed by atoms with E-state index in [4.69, 9.17) is 0 Å². The Balaban J connectivity index is 3.16. The lowest BCUT2D eigenvalue weighted by molar-refractivity contribution is -0.113. The van der Waals surface area contributed by atoms with Crippen molar-refractivity contribution >= 4 is 27.5 Å². The maximum absolute atomic E-state index is 11.3. The first kappa shape index (κ1) is 10.1. The Morgan fingerprint density at radius 3 is 2.38 bits per heavy atom. The van der Waals surface area contributed by atoms with Crippen molar-refractivity contribution in [3.63, 3.8) is 0 Å². The van der Waals surface area contributed by atoms with Crippen LogP contribution in [-0.4, -0.2) is 11.6 Å². The largest absolute Gasteiger partial charge is 0.291 e. The molecular formula is C10H9BrO2. The number of ketones is 2. The summed E-state index contributed by atoms with van der Waals surface area (Å²) in [4.78, 5) is 22.1. The molecule has 0 radical (unpaired) electrons. The summed E-state index contributed by atoms with van der Waals surface area (Å²) in [6.45, 7) is 3.09. The Kier molecular flexibility index (Phi) is 2.98. The quantitative estimate of drug-likeness (QED) is 0.589. The number of halogens is 1. The third-order valence-electron chi connectivity index (χ3n) is 1.75. The van der Waals surface area contributed by atoms with E-state index in [1.54, 1.807) is 19.1 Å². The number of hydrogen-bond acceptors (Lipinski definition) is 2. The van der Waals surface area contributed by atoms with Crippen molar-refractivity contribution in [1.82, 2.24) is 0 Å². The first-order chi connectivity index (χ1) is 6.02. The first-order valence-corrected chi connectivity index (χ1v) is 4.63.